The van der Waals surface area contributed by atoms with Crippen molar-refractivity contribution in [2.75, 3.05) is 11.4 Å². The molecule has 0 saturated carbocycles. The van der Waals surface area contributed by atoms with Crippen LogP contribution in [0.4, 0.5) is 5.82 Å². The highest BCUT2D eigenvalue weighted by Gasteiger charge is 2.27. The number of nitrogens with zero attached hydrogens (tertiary/aromatic N) is 2. The number of aromatic nitrogens is 1. The topological polar surface area (TPSA) is 28.2 Å². The zero-order chi connectivity index (χ0) is 14.0. The third-order valence-corrected chi connectivity index (χ3v) is 3.96. The molecular formula is C16H27N3. The molecule has 1 N–H and O–H groups in total. The lowest BCUT2D eigenvalue weighted by molar-refractivity contribution is 0.586. The van der Waals surface area contributed by atoms with E-state index in [0.29, 0.717) is 12.1 Å². The van der Waals surface area contributed by atoms with Gasteiger partial charge in [0.2, 0.25) is 0 Å². The van der Waals surface area contributed by atoms with E-state index in [1.54, 1.807) is 0 Å². The smallest absolute Gasteiger partial charge is 0.129 e. The van der Waals surface area contributed by atoms with Gasteiger partial charge in [-0.05, 0) is 37.8 Å². The van der Waals surface area contributed by atoms with Crippen molar-refractivity contribution >= 4 is 5.82 Å². The van der Waals surface area contributed by atoms with E-state index in [1.165, 1.54) is 12.0 Å². The summed E-state index contributed by atoms with van der Waals surface area (Å²) >= 11 is 0. The number of hydrogen-bond donors (Lipinski definition) is 1. The van der Waals surface area contributed by atoms with Gasteiger partial charge in [-0.15, -0.1) is 0 Å². The van der Waals surface area contributed by atoms with E-state index in [4.69, 9.17) is 4.98 Å². The monoisotopic (exact) mass is 261 g/mol. The molecule has 0 amide bonds. The highest BCUT2D eigenvalue weighted by molar-refractivity contribution is 5.44. The number of anilines is 1. The van der Waals surface area contributed by atoms with E-state index >= 15 is 0 Å². The van der Waals surface area contributed by atoms with E-state index in [-0.39, 0.29) is 0 Å². The molecule has 1 fully saturated rings. The molecule has 106 valence electrons. The summed E-state index contributed by atoms with van der Waals surface area (Å²) in [6, 6.07) is 5.53. The number of aryl methyl sites for hydroxylation is 1. The van der Waals surface area contributed by atoms with Crippen molar-refractivity contribution < 1.29 is 0 Å². The summed E-state index contributed by atoms with van der Waals surface area (Å²) in [6.07, 6.45) is 1.28. The van der Waals surface area contributed by atoms with Gasteiger partial charge in [0.15, 0.2) is 0 Å². The van der Waals surface area contributed by atoms with Gasteiger partial charge in [0.1, 0.15) is 5.82 Å². The first-order chi connectivity index (χ1) is 8.97. The molecule has 0 aromatic carbocycles. The quantitative estimate of drug-likeness (QED) is 0.902. The number of rotatable bonds is 4. The Bertz CT molecular complexity index is 428. The van der Waals surface area contributed by atoms with Crippen molar-refractivity contribution in [3.8, 4) is 0 Å². The molecule has 0 radical (unpaired) electrons. The molecule has 19 heavy (non-hydrogen) atoms. The fourth-order valence-electron chi connectivity index (χ4n) is 2.86. The summed E-state index contributed by atoms with van der Waals surface area (Å²) in [6.45, 7) is 13.1. The highest BCUT2D eigenvalue weighted by atomic mass is 15.2. The fourth-order valence-corrected chi connectivity index (χ4v) is 2.86. The normalized spacial score (nSPS) is 23.4. The molecule has 1 aliphatic heterocycles. The Hall–Kier alpha value is -1.09. The van der Waals surface area contributed by atoms with Gasteiger partial charge in [-0.3, -0.25) is 0 Å². The third-order valence-electron chi connectivity index (χ3n) is 3.96. The summed E-state index contributed by atoms with van der Waals surface area (Å²) in [4.78, 5) is 7.25. The Balaban J connectivity index is 2.10. The second-order valence-electron chi connectivity index (χ2n) is 6.29. The second kappa shape index (κ2) is 5.91. The van der Waals surface area contributed by atoms with Crippen LogP contribution in [0.3, 0.4) is 0 Å². The molecule has 1 aromatic rings. The fraction of sp³-hybridized carbons (Fsp3) is 0.688. The van der Waals surface area contributed by atoms with Crippen LogP contribution in [-0.2, 0) is 6.54 Å². The maximum atomic E-state index is 4.80. The van der Waals surface area contributed by atoms with E-state index in [1.807, 2.05) is 0 Å². The van der Waals surface area contributed by atoms with Crippen LogP contribution in [-0.4, -0.2) is 23.6 Å². The third kappa shape index (κ3) is 3.47. The summed E-state index contributed by atoms with van der Waals surface area (Å²) in [5.74, 6) is 1.92. The molecule has 2 rings (SSSR count). The zero-order valence-electron chi connectivity index (χ0n) is 12.9. The first kappa shape index (κ1) is 14.3. The molecular weight excluding hydrogens is 234 g/mol. The largest absolute Gasteiger partial charge is 0.354 e. The van der Waals surface area contributed by atoms with Gasteiger partial charge in [0.05, 0.1) is 0 Å². The van der Waals surface area contributed by atoms with Crippen molar-refractivity contribution in [1.82, 2.24) is 10.3 Å². The van der Waals surface area contributed by atoms with Crippen molar-refractivity contribution in [2.24, 2.45) is 5.92 Å². The van der Waals surface area contributed by atoms with Crippen LogP contribution in [0.25, 0.3) is 0 Å². The van der Waals surface area contributed by atoms with E-state index in [2.05, 4.69) is 57.0 Å². The Kier molecular flexibility index (Phi) is 4.46. The summed E-state index contributed by atoms with van der Waals surface area (Å²) < 4.78 is 0. The summed E-state index contributed by atoms with van der Waals surface area (Å²) in [5, 5.41) is 3.45. The van der Waals surface area contributed by atoms with Crippen LogP contribution in [0.1, 0.15) is 45.4 Å². The van der Waals surface area contributed by atoms with Gasteiger partial charge in [-0.1, -0.05) is 26.8 Å². The summed E-state index contributed by atoms with van der Waals surface area (Å²) in [5.41, 5.74) is 2.45. The van der Waals surface area contributed by atoms with E-state index in [9.17, 15) is 0 Å². The molecule has 2 heterocycles. The molecule has 2 unspecified atom stereocenters. The lowest BCUT2D eigenvalue weighted by atomic mass is 10.1. The maximum Gasteiger partial charge on any atom is 0.129 e. The predicted octanol–water partition coefficient (Wildman–Crippen LogP) is 3.12. The molecule has 3 heteroatoms. The van der Waals surface area contributed by atoms with E-state index in [0.717, 1.165) is 30.5 Å². The Morgan fingerprint density at radius 3 is 2.63 bits per heavy atom. The lowest BCUT2D eigenvalue weighted by Crippen LogP contribution is -2.28. The first-order valence-corrected chi connectivity index (χ1v) is 7.44. The zero-order valence-corrected chi connectivity index (χ0v) is 12.9. The first-order valence-electron chi connectivity index (χ1n) is 7.44. The average molecular weight is 261 g/mol. The minimum Gasteiger partial charge on any atom is -0.354 e. The van der Waals surface area contributed by atoms with Crippen molar-refractivity contribution in [2.45, 2.75) is 59.7 Å². The van der Waals surface area contributed by atoms with Gasteiger partial charge in [0.25, 0.3) is 0 Å². The Morgan fingerprint density at radius 2 is 2.11 bits per heavy atom. The number of nitrogens with one attached hydrogen (secondary N) is 1. The van der Waals surface area contributed by atoms with Gasteiger partial charge in [-0.2, -0.15) is 0 Å². The molecule has 3 nitrogen and oxygen atoms in total. The average Bonchev–Trinajstić information content (AvgIpc) is 2.66. The van der Waals surface area contributed by atoms with Crippen LogP contribution in [0, 0.1) is 12.8 Å². The second-order valence-corrected chi connectivity index (χ2v) is 6.29. The maximum absolute atomic E-state index is 4.80. The van der Waals surface area contributed by atoms with Gasteiger partial charge in [0, 0.05) is 30.9 Å². The molecule has 0 spiro atoms. The number of hydrogen-bond acceptors (Lipinski definition) is 3. The van der Waals surface area contributed by atoms with Crippen molar-refractivity contribution in [1.29, 1.82) is 0 Å². The van der Waals surface area contributed by atoms with Crippen LogP contribution < -0.4 is 10.2 Å². The van der Waals surface area contributed by atoms with Crippen LogP contribution in [0.2, 0.25) is 0 Å². The molecule has 1 aromatic heterocycles. The SMILES string of the molecule is Cc1nc(N2CC(C)CC2C)ccc1CNC(C)C. The standard InChI is InChI=1S/C16H27N3/c1-11(2)17-9-15-6-7-16(18-14(15)5)19-10-12(3)8-13(19)4/h6-7,11-13,17H,8-10H2,1-5H3. The minimum atomic E-state index is 0.513. The molecule has 1 saturated heterocycles. The Morgan fingerprint density at radius 1 is 1.37 bits per heavy atom. The van der Waals surface area contributed by atoms with Crippen LogP contribution >= 0.6 is 0 Å². The molecule has 2 atom stereocenters. The number of pyridine rings is 1. The molecule has 0 bridgehead atoms. The van der Waals surface area contributed by atoms with E-state index < -0.39 is 0 Å². The van der Waals surface area contributed by atoms with Gasteiger partial charge >= 0.3 is 0 Å². The van der Waals surface area contributed by atoms with Crippen molar-refractivity contribution in [3.63, 3.8) is 0 Å². The Labute approximate surface area is 117 Å². The molecule has 1 aliphatic rings. The molecule has 0 aliphatic carbocycles. The van der Waals surface area contributed by atoms with Gasteiger partial charge in [-0.25, -0.2) is 4.98 Å². The predicted molar refractivity (Wildman–Crippen MR) is 81.5 cm³/mol. The lowest BCUT2D eigenvalue weighted by Gasteiger charge is -2.23. The minimum absolute atomic E-state index is 0.513. The highest BCUT2D eigenvalue weighted by Crippen LogP contribution is 2.27. The van der Waals surface area contributed by atoms with Crippen LogP contribution in [0.15, 0.2) is 12.1 Å². The van der Waals surface area contributed by atoms with Gasteiger partial charge < -0.3 is 10.2 Å². The summed E-state index contributed by atoms with van der Waals surface area (Å²) in [7, 11) is 0. The van der Waals surface area contributed by atoms with Crippen LogP contribution in [0.5, 0.6) is 0 Å². The van der Waals surface area contributed by atoms with Crippen molar-refractivity contribution in [3.05, 3.63) is 23.4 Å².